The minimum absolute atomic E-state index is 0.0278. The molecule has 0 radical (unpaired) electrons. The zero-order chi connectivity index (χ0) is 23.9. The lowest BCUT2D eigenvalue weighted by Crippen LogP contribution is -2.50. The first-order chi connectivity index (χ1) is 15.6. The molecular formula is C20H19ClFN5O5S. The summed E-state index contributed by atoms with van der Waals surface area (Å²) in [6.07, 6.45) is 1.29. The number of fused-ring (bicyclic) bond motifs is 1. The number of amides is 1. The molecule has 3 heterocycles. The molecule has 174 valence electrons. The number of benzene rings is 1. The lowest BCUT2D eigenvalue weighted by atomic mass is 10.2. The van der Waals surface area contributed by atoms with Gasteiger partial charge in [-0.05, 0) is 31.2 Å². The molecule has 1 amide bonds. The first-order valence-electron chi connectivity index (χ1n) is 10.0. The van der Waals surface area contributed by atoms with Crippen molar-refractivity contribution in [1.82, 2.24) is 23.7 Å². The van der Waals surface area contributed by atoms with Gasteiger partial charge in [0.25, 0.3) is 11.5 Å². The highest BCUT2D eigenvalue weighted by Gasteiger charge is 2.31. The Labute approximate surface area is 192 Å². The van der Waals surface area contributed by atoms with Crippen LogP contribution in [0.3, 0.4) is 0 Å². The summed E-state index contributed by atoms with van der Waals surface area (Å²) in [4.78, 5) is 44.8. The molecule has 1 aliphatic rings. The van der Waals surface area contributed by atoms with Crippen LogP contribution in [0, 0.1) is 5.82 Å². The van der Waals surface area contributed by atoms with E-state index in [1.807, 2.05) is 0 Å². The number of H-pyrrole nitrogens is 1. The fraction of sp³-hybridized carbons (Fsp3) is 0.300. The highest BCUT2D eigenvalue weighted by Crippen LogP contribution is 2.23. The van der Waals surface area contributed by atoms with Crippen LogP contribution in [-0.4, -0.2) is 64.2 Å². The van der Waals surface area contributed by atoms with Crippen molar-refractivity contribution in [2.24, 2.45) is 0 Å². The van der Waals surface area contributed by atoms with E-state index in [9.17, 15) is 27.2 Å². The minimum Gasteiger partial charge on any atom is -0.336 e. The van der Waals surface area contributed by atoms with E-state index in [1.165, 1.54) is 26.0 Å². The Morgan fingerprint density at radius 3 is 2.52 bits per heavy atom. The van der Waals surface area contributed by atoms with Gasteiger partial charge in [-0.25, -0.2) is 22.6 Å². The molecular weight excluding hydrogens is 477 g/mol. The molecule has 0 spiro atoms. The molecule has 4 rings (SSSR count). The van der Waals surface area contributed by atoms with E-state index in [0.717, 1.165) is 18.2 Å². The van der Waals surface area contributed by atoms with Gasteiger partial charge in [0.1, 0.15) is 11.5 Å². The Balaban J connectivity index is 1.54. The number of aryl methyl sites for hydroxylation is 1. The smallest absolute Gasteiger partial charge is 0.329 e. The van der Waals surface area contributed by atoms with E-state index in [-0.39, 0.29) is 52.7 Å². The van der Waals surface area contributed by atoms with Crippen LogP contribution in [0.5, 0.6) is 0 Å². The van der Waals surface area contributed by atoms with Crippen LogP contribution < -0.4 is 11.2 Å². The summed E-state index contributed by atoms with van der Waals surface area (Å²) in [5.41, 5.74) is -0.898. The molecule has 33 heavy (non-hydrogen) atoms. The number of aromatic nitrogens is 3. The first-order valence-corrected chi connectivity index (χ1v) is 11.8. The molecule has 2 aromatic heterocycles. The number of aromatic amines is 1. The van der Waals surface area contributed by atoms with E-state index in [1.54, 1.807) is 6.92 Å². The summed E-state index contributed by atoms with van der Waals surface area (Å²) < 4.78 is 41.5. The average molecular weight is 496 g/mol. The number of carbonyl (C=O) groups excluding carboxylic acids is 1. The summed E-state index contributed by atoms with van der Waals surface area (Å²) in [7, 11) is -3.91. The van der Waals surface area contributed by atoms with Gasteiger partial charge in [0.05, 0.1) is 20.9 Å². The second-order valence-electron chi connectivity index (χ2n) is 7.37. The maximum atomic E-state index is 13.4. The van der Waals surface area contributed by atoms with Gasteiger partial charge in [-0.1, -0.05) is 11.6 Å². The summed E-state index contributed by atoms with van der Waals surface area (Å²) in [5, 5.41) is -0.186. The predicted octanol–water partition coefficient (Wildman–Crippen LogP) is 1.04. The third-order valence-corrected chi connectivity index (χ3v) is 7.63. The van der Waals surface area contributed by atoms with Crippen molar-refractivity contribution < 1.29 is 17.6 Å². The number of pyridine rings is 1. The normalized spacial score (nSPS) is 15.2. The lowest BCUT2D eigenvalue weighted by molar-refractivity contribution is 0.0697. The van der Waals surface area contributed by atoms with E-state index < -0.39 is 33.0 Å². The molecule has 0 atom stereocenters. The standard InChI is InChI=1S/C20H19ClFN5O5S/c1-2-27-17-14(18(28)24-20(27)30)9-12(11-23-17)19(29)25-5-7-26(8-6-25)33(31,32)13-3-4-16(22)15(21)10-13/h3-4,9-11H,2,5-8H2,1H3,(H,24,28,30). The van der Waals surface area contributed by atoms with Gasteiger partial charge in [0.15, 0.2) is 0 Å². The zero-order valence-electron chi connectivity index (χ0n) is 17.4. The van der Waals surface area contributed by atoms with Crippen molar-refractivity contribution in [3.05, 3.63) is 67.7 Å². The Morgan fingerprint density at radius 1 is 1.18 bits per heavy atom. The monoisotopic (exact) mass is 495 g/mol. The number of nitrogens with one attached hydrogen (secondary N) is 1. The van der Waals surface area contributed by atoms with Crippen LogP contribution in [0.1, 0.15) is 17.3 Å². The SMILES string of the molecule is CCn1c(=O)[nH]c(=O)c2cc(C(=O)N3CCN(S(=O)(=O)c4ccc(F)c(Cl)c4)CC3)cnc21. The van der Waals surface area contributed by atoms with Gasteiger partial charge in [-0.15, -0.1) is 0 Å². The predicted molar refractivity (Wildman–Crippen MR) is 118 cm³/mol. The van der Waals surface area contributed by atoms with Crippen LogP contribution in [0.4, 0.5) is 4.39 Å². The van der Waals surface area contributed by atoms with Gasteiger partial charge >= 0.3 is 5.69 Å². The van der Waals surface area contributed by atoms with E-state index in [2.05, 4.69) is 9.97 Å². The molecule has 1 aliphatic heterocycles. The maximum absolute atomic E-state index is 13.4. The molecule has 10 nitrogen and oxygen atoms in total. The number of hydrogen-bond acceptors (Lipinski definition) is 6. The molecule has 1 aromatic carbocycles. The highest BCUT2D eigenvalue weighted by atomic mass is 35.5. The molecule has 3 aromatic rings. The number of sulfonamides is 1. The number of halogens is 2. The van der Waals surface area contributed by atoms with Crippen LogP contribution in [0.2, 0.25) is 5.02 Å². The van der Waals surface area contributed by atoms with Crippen molar-refractivity contribution >= 4 is 38.6 Å². The minimum atomic E-state index is -3.91. The largest absolute Gasteiger partial charge is 0.336 e. The van der Waals surface area contributed by atoms with Gasteiger partial charge in [0, 0.05) is 38.9 Å². The Hall–Kier alpha value is -3.09. The van der Waals surface area contributed by atoms with Gasteiger partial charge in [-0.3, -0.25) is 19.1 Å². The fourth-order valence-corrected chi connectivity index (χ4v) is 5.37. The second kappa shape index (κ2) is 8.69. The van der Waals surface area contributed by atoms with Gasteiger partial charge < -0.3 is 4.90 Å². The molecule has 1 saturated heterocycles. The first kappa shape index (κ1) is 23.1. The molecule has 0 aliphatic carbocycles. The van der Waals surface area contributed by atoms with Crippen LogP contribution in [-0.2, 0) is 16.6 Å². The Bertz CT molecular complexity index is 1480. The quantitative estimate of drug-likeness (QED) is 0.576. The van der Waals surface area contributed by atoms with Crippen LogP contribution >= 0.6 is 11.6 Å². The van der Waals surface area contributed by atoms with Crippen molar-refractivity contribution in [3.8, 4) is 0 Å². The van der Waals surface area contributed by atoms with Crippen LogP contribution in [0.25, 0.3) is 11.0 Å². The van der Waals surface area contributed by atoms with Crippen molar-refractivity contribution in [2.45, 2.75) is 18.4 Å². The Kier molecular flexibility index (Phi) is 6.08. The average Bonchev–Trinajstić information content (AvgIpc) is 2.80. The number of carbonyl (C=O) groups is 1. The molecule has 0 saturated carbocycles. The van der Waals surface area contributed by atoms with Crippen LogP contribution in [0.15, 0.2) is 44.9 Å². The van der Waals surface area contributed by atoms with Crippen molar-refractivity contribution in [3.63, 3.8) is 0 Å². The third kappa shape index (κ3) is 4.16. The topological polar surface area (TPSA) is 125 Å². The summed E-state index contributed by atoms with van der Waals surface area (Å²) in [6, 6.07) is 4.56. The third-order valence-electron chi connectivity index (χ3n) is 5.45. The second-order valence-corrected chi connectivity index (χ2v) is 9.72. The fourth-order valence-electron chi connectivity index (χ4n) is 3.68. The van der Waals surface area contributed by atoms with E-state index in [4.69, 9.17) is 11.6 Å². The number of hydrogen-bond donors (Lipinski definition) is 1. The number of nitrogens with zero attached hydrogens (tertiary/aromatic N) is 4. The van der Waals surface area contributed by atoms with Gasteiger partial charge in [0.2, 0.25) is 10.0 Å². The zero-order valence-corrected chi connectivity index (χ0v) is 19.0. The number of piperazine rings is 1. The highest BCUT2D eigenvalue weighted by molar-refractivity contribution is 7.89. The van der Waals surface area contributed by atoms with Gasteiger partial charge in [-0.2, -0.15) is 4.31 Å². The summed E-state index contributed by atoms with van der Waals surface area (Å²) in [5.74, 6) is -1.13. The molecule has 13 heteroatoms. The summed E-state index contributed by atoms with van der Waals surface area (Å²) >= 11 is 5.71. The molecule has 1 N–H and O–H groups in total. The maximum Gasteiger partial charge on any atom is 0.329 e. The van der Waals surface area contributed by atoms with Crippen molar-refractivity contribution in [2.75, 3.05) is 26.2 Å². The van der Waals surface area contributed by atoms with E-state index in [0.29, 0.717) is 6.54 Å². The summed E-state index contributed by atoms with van der Waals surface area (Å²) in [6.45, 7) is 2.29. The molecule has 0 unspecified atom stereocenters. The molecule has 0 bridgehead atoms. The van der Waals surface area contributed by atoms with E-state index >= 15 is 0 Å². The Morgan fingerprint density at radius 2 is 1.88 bits per heavy atom. The lowest BCUT2D eigenvalue weighted by Gasteiger charge is -2.34. The molecule has 1 fully saturated rings. The number of rotatable bonds is 4. The van der Waals surface area contributed by atoms with Crippen molar-refractivity contribution in [1.29, 1.82) is 0 Å².